The van der Waals surface area contributed by atoms with E-state index in [1.165, 1.54) is 0 Å². The monoisotopic (exact) mass is 413 g/mol. The van der Waals surface area contributed by atoms with Crippen molar-refractivity contribution in [2.75, 3.05) is 20.3 Å². The van der Waals surface area contributed by atoms with E-state index in [0.717, 1.165) is 36.1 Å². The molecule has 3 aromatic rings. The van der Waals surface area contributed by atoms with E-state index in [9.17, 15) is 4.79 Å². The van der Waals surface area contributed by atoms with E-state index in [1.54, 1.807) is 19.2 Å². The summed E-state index contributed by atoms with van der Waals surface area (Å²) in [4.78, 5) is 23.2. The number of likely N-dealkylation sites (tertiary alicyclic amines) is 1. The lowest BCUT2D eigenvalue weighted by Gasteiger charge is -2.24. The minimum Gasteiger partial charge on any atom is -0.493 e. The maximum absolute atomic E-state index is 13.3. The van der Waals surface area contributed by atoms with Gasteiger partial charge < -0.3 is 19.4 Å². The van der Waals surface area contributed by atoms with Crippen LogP contribution in [-0.4, -0.2) is 41.0 Å². The number of ether oxygens (including phenoxy) is 2. The molecule has 0 spiro atoms. The van der Waals surface area contributed by atoms with Crippen molar-refractivity contribution in [1.29, 1.82) is 0 Å². The molecule has 1 aromatic heterocycles. The van der Waals surface area contributed by atoms with Crippen LogP contribution < -0.4 is 9.47 Å². The van der Waals surface area contributed by atoms with Crippen molar-refractivity contribution in [3.05, 3.63) is 52.8 Å². The number of fused-ring (bicyclic) bond motifs is 1. The summed E-state index contributed by atoms with van der Waals surface area (Å²) in [6, 6.07) is 11.2. The zero-order valence-corrected chi connectivity index (χ0v) is 17.3. The summed E-state index contributed by atoms with van der Waals surface area (Å²) in [5.41, 5.74) is 2.37. The number of carbonyl (C=O) groups excluding carboxylic acids is 1. The molecule has 1 amide bonds. The molecule has 1 aliphatic rings. The molecule has 0 aliphatic carbocycles. The van der Waals surface area contributed by atoms with Crippen molar-refractivity contribution in [1.82, 2.24) is 14.9 Å². The predicted molar refractivity (Wildman–Crippen MR) is 113 cm³/mol. The largest absolute Gasteiger partial charge is 0.493 e. The Balaban J connectivity index is 1.63. The van der Waals surface area contributed by atoms with Gasteiger partial charge in [0, 0.05) is 12.1 Å². The Morgan fingerprint density at radius 2 is 2.17 bits per heavy atom. The number of rotatable bonds is 6. The zero-order chi connectivity index (χ0) is 20.4. The van der Waals surface area contributed by atoms with Crippen LogP contribution in [0.15, 0.2) is 36.4 Å². The SMILES string of the molecule is CCCOc1c(Cl)cc(C(=O)N2CCCC2c2nc3ccccc3[nH]2)cc1OC. The van der Waals surface area contributed by atoms with Crippen LogP contribution in [-0.2, 0) is 0 Å². The van der Waals surface area contributed by atoms with Crippen LogP contribution >= 0.6 is 11.6 Å². The molecule has 6 nitrogen and oxygen atoms in total. The number of benzene rings is 2. The topological polar surface area (TPSA) is 67.5 Å². The smallest absolute Gasteiger partial charge is 0.254 e. The molecular formula is C22H24ClN3O3. The van der Waals surface area contributed by atoms with Gasteiger partial charge in [-0.15, -0.1) is 0 Å². The molecule has 2 heterocycles. The number of hydrogen-bond acceptors (Lipinski definition) is 4. The molecule has 1 unspecified atom stereocenters. The fourth-order valence-corrected chi connectivity index (χ4v) is 4.04. The molecule has 1 fully saturated rings. The first-order valence-electron chi connectivity index (χ1n) is 9.88. The normalized spacial score (nSPS) is 16.4. The number of amides is 1. The number of nitrogens with one attached hydrogen (secondary N) is 1. The Labute approximate surface area is 174 Å². The third kappa shape index (κ3) is 3.77. The molecule has 7 heteroatoms. The van der Waals surface area contributed by atoms with Gasteiger partial charge in [0.1, 0.15) is 5.82 Å². The maximum atomic E-state index is 13.3. The Kier molecular flexibility index (Phi) is 5.62. The summed E-state index contributed by atoms with van der Waals surface area (Å²) in [6.07, 6.45) is 2.65. The summed E-state index contributed by atoms with van der Waals surface area (Å²) in [5, 5.41) is 0.376. The van der Waals surface area contributed by atoms with Crippen LogP contribution in [0.3, 0.4) is 0 Å². The number of aromatic nitrogens is 2. The van der Waals surface area contributed by atoms with Crippen LogP contribution in [0.25, 0.3) is 11.0 Å². The van der Waals surface area contributed by atoms with Crippen LogP contribution in [0.2, 0.25) is 5.02 Å². The van der Waals surface area contributed by atoms with Crippen molar-refractivity contribution in [3.63, 3.8) is 0 Å². The third-order valence-electron chi connectivity index (χ3n) is 5.16. The average Bonchev–Trinajstić information content (AvgIpc) is 3.38. The number of H-pyrrole nitrogens is 1. The van der Waals surface area contributed by atoms with Gasteiger partial charge in [-0.05, 0) is 43.5 Å². The highest BCUT2D eigenvalue weighted by molar-refractivity contribution is 6.32. The number of imidazole rings is 1. The van der Waals surface area contributed by atoms with Crippen molar-refractivity contribution in [2.24, 2.45) is 0 Å². The number of methoxy groups -OCH3 is 1. The Bertz CT molecular complexity index is 1000. The first-order valence-corrected chi connectivity index (χ1v) is 10.3. The van der Waals surface area contributed by atoms with E-state index >= 15 is 0 Å². The molecule has 1 atom stereocenters. The number of halogens is 1. The van der Waals surface area contributed by atoms with Gasteiger partial charge >= 0.3 is 0 Å². The van der Waals surface area contributed by atoms with E-state index in [0.29, 0.717) is 35.2 Å². The van der Waals surface area contributed by atoms with E-state index in [1.807, 2.05) is 36.1 Å². The lowest BCUT2D eigenvalue weighted by atomic mass is 10.1. The van der Waals surface area contributed by atoms with Gasteiger partial charge in [-0.1, -0.05) is 30.7 Å². The number of para-hydroxylation sites is 2. The Hall–Kier alpha value is -2.73. The summed E-state index contributed by atoms with van der Waals surface area (Å²) in [5.74, 6) is 1.67. The van der Waals surface area contributed by atoms with E-state index in [4.69, 9.17) is 26.1 Å². The molecule has 29 heavy (non-hydrogen) atoms. The summed E-state index contributed by atoms with van der Waals surface area (Å²) in [7, 11) is 1.55. The van der Waals surface area contributed by atoms with Gasteiger partial charge in [0.15, 0.2) is 11.5 Å². The molecular weight excluding hydrogens is 390 g/mol. The average molecular weight is 414 g/mol. The first kappa shape index (κ1) is 19.6. The van der Waals surface area contributed by atoms with Gasteiger partial charge in [-0.3, -0.25) is 4.79 Å². The van der Waals surface area contributed by atoms with Crippen molar-refractivity contribution >= 4 is 28.5 Å². The van der Waals surface area contributed by atoms with Gasteiger partial charge in [0.2, 0.25) is 0 Å². The molecule has 0 bridgehead atoms. The molecule has 0 saturated carbocycles. The van der Waals surface area contributed by atoms with E-state index in [-0.39, 0.29) is 11.9 Å². The minimum atomic E-state index is -0.0878. The molecule has 1 aliphatic heterocycles. The molecule has 0 radical (unpaired) electrons. The number of aromatic amines is 1. The van der Waals surface area contributed by atoms with Gasteiger partial charge in [-0.25, -0.2) is 4.98 Å². The fourth-order valence-electron chi connectivity index (χ4n) is 3.78. The summed E-state index contributed by atoms with van der Waals surface area (Å²) < 4.78 is 11.1. The zero-order valence-electron chi connectivity index (χ0n) is 16.6. The number of hydrogen-bond donors (Lipinski definition) is 1. The van der Waals surface area contributed by atoms with Crippen LogP contribution in [0.4, 0.5) is 0 Å². The Morgan fingerprint density at radius 1 is 1.34 bits per heavy atom. The highest BCUT2D eigenvalue weighted by atomic mass is 35.5. The van der Waals surface area contributed by atoms with E-state index < -0.39 is 0 Å². The minimum absolute atomic E-state index is 0.0873. The molecule has 1 saturated heterocycles. The highest BCUT2D eigenvalue weighted by Crippen LogP contribution is 2.38. The second kappa shape index (κ2) is 8.33. The van der Waals surface area contributed by atoms with Crippen molar-refractivity contribution in [2.45, 2.75) is 32.2 Å². The standard InChI is InChI=1S/C22H24ClN3O3/c1-3-11-29-20-15(23)12-14(13-19(20)28-2)22(27)26-10-6-9-18(26)21-24-16-7-4-5-8-17(16)25-21/h4-5,7-8,12-13,18H,3,6,9-11H2,1-2H3,(H,24,25). The predicted octanol–water partition coefficient (Wildman–Crippen LogP) is 4.99. The van der Waals surface area contributed by atoms with Crippen LogP contribution in [0.5, 0.6) is 11.5 Å². The Morgan fingerprint density at radius 3 is 2.93 bits per heavy atom. The van der Waals surface area contributed by atoms with Crippen LogP contribution in [0.1, 0.15) is 48.4 Å². The second-order valence-electron chi connectivity index (χ2n) is 7.13. The lowest BCUT2D eigenvalue weighted by molar-refractivity contribution is 0.0730. The summed E-state index contributed by atoms with van der Waals surface area (Å²) >= 11 is 6.41. The second-order valence-corrected chi connectivity index (χ2v) is 7.54. The van der Waals surface area contributed by atoms with Gasteiger partial charge in [0.05, 0.1) is 35.8 Å². The lowest BCUT2D eigenvalue weighted by Crippen LogP contribution is -2.31. The van der Waals surface area contributed by atoms with Crippen LogP contribution in [0, 0.1) is 0 Å². The maximum Gasteiger partial charge on any atom is 0.254 e. The molecule has 152 valence electrons. The van der Waals surface area contributed by atoms with Gasteiger partial charge in [0.25, 0.3) is 5.91 Å². The van der Waals surface area contributed by atoms with Crippen molar-refractivity contribution < 1.29 is 14.3 Å². The van der Waals surface area contributed by atoms with Crippen molar-refractivity contribution in [3.8, 4) is 11.5 Å². The number of nitrogens with zero attached hydrogens (tertiary/aromatic N) is 2. The third-order valence-corrected chi connectivity index (χ3v) is 5.44. The highest BCUT2D eigenvalue weighted by Gasteiger charge is 2.33. The quantitative estimate of drug-likeness (QED) is 0.618. The molecule has 4 rings (SSSR count). The summed E-state index contributed by atoms with van der Waals surface area (Å²) in [6.45, 7) is 3.22. The molecule has 1 N–H and O–H groups in total. The van der Waals surface area contributed by atoms with Gasteiger partial charge in [-0.2, -0.15) is 0 Å². The first-order chi connectivity index (χ1) is 14.1. The number of carbonyl (C=O) groups is 1. The fraction of sp³-hybridized carbons (Fsp3) is 0.364. The molecule has 2 aromatic carbocycles. The van der Waals surface area contributed by atoms with E-state index in [2.05, 4.69) is 4.98 Å².